The summed E-state index contributed by atoms with van der Waals surface area (Å²) in [6.07, 6.45) is 2.62. The van der Waals surface area contributed by atoms with E-state index in [-0.39, 0.29) is 11.8 Å². The number of fused-ring (bicyclic) bond motifs is 1. The van der Waals surface area contributed by atoms with E-state index < -0.39 is 0 Å². The number of benzene rings is 4. The molecule has 2 heterocycles. The zero-order valence-corrected chi connectivity index (χ0v) is 22.0. The van der Waals surface area contributed by atoms with E-state index in [2.05, 4.69) is 89.8 Å². The Balaban J connectivity index is 1.26. The fourth-order valence-corrected chi connectivity index (χ4v) is 5.84. The number of nitrogens with zero attached hydrogens (tertiary/aromatic N) is 1. The Morgan fingerprint density at radius 1 is 0.763 bits per heavy atom. The van der Waals surface area contributed by atoms with Gasteiger partial charge in [0.1, 0.15) is 23.9 Å². The lowest BCUT2D eigenvalue weighted by Gasteiger charge is -2.35. The number of likely N-dealkylation sites (tertiary alicyclic amines) is 1. The molecule has 0 aromatic heterocycles. The van der Waals surface area contributed by atoms with Crippen LogP contribution in [-0.4, -0.2) is 44.9 Å². The Labute approximate surface area is 225 Å². The zero-order chi connectivity index (χ0) is 25.7. The van der Waals surface area contributed by atoms with Crippen LogP contribution < -0.4 is 14.2 Å². The van der Waals surface area contributed by atoms with Gasteiger partial charge in [-0.1, -0.05) is 72.8 Å². The van der Waals surface area contributed by atoms with Crippen molar-refractivity contribution in [1.29, 1.82) is 0 Å². The first-order valence-electron chi connectivity index (χ1n) is 13.7. The van der Waals surface area contributed by atoms with Crippen LogP contribution in [0.5, 0.6) is 17.2 Å². The lowest BCUT2D eigenvalue weighted by molar-refractivity contribution is 0.237. The van der Waals surface area contributed by atoms with E-state index in [1.807, 2.05) is 12.1 Å². The Morgan fingerprint density at radius 3 is 2.18 bits per heavy atom. The minimum Gasteiger partial charge on any atom is -0.497 e. The molecule has 1 fully saturated rings. The van der Waals surface area contributed by atoms with Gasteiger partial charge in [0.15, 0.2) is 0 Å². The highest BCUT2D eigenvalue weighted by atomic mass is 16.5. The summed E-state index contributed by atoms with van der Waals surface area (Å²) >= 11 is 0. The molecule has 38 heavy (non-hydrogen) atoms. The number of ether oxygens (including phenoxy) is 3. The summed E-state index contributed by atoms with van der Waals surface area (Å²) in [7, 11) is 1.70. The minimum atomic E-state index is 0.172. The quantitative estimate of drug-likeness (QED) is 0.255. The van der Waals surface area contributed by atoms with E-state index >= 15 is 0 Å². The predicted molar refractivity (Wildman–Crippen MR) is 153 cm³/mol. The van der Waals surface area contributed by atoms with Crippen LogP contribution in [0.15, 0.2) is 97.1 Å². The summed E-state index contributed by atoms with van der Waals surface area (Å²) in [6.45, 7) is 4.74. The first-order chi connectivity index (χ1) is 18.8. The van der Waals surface area contributed by atoms with E-state index in [1.165, 1.54) is 53.7 Å². The second-order valence-electron chi connectivity index (χ2n) is 10.3. The Hall–Kier alpha value is -3.76. The average Bonchev–Trinajstić information content (AvgIpc) is 3.51. The highest BCUT2D eigenvalue weighted by Crippen LogP contribution is 2.47. The minimum absolute atomic E-state index is 0.172. The zero-order valence-electron chi connectivity index (χ0n) is 22.0. The van der Waals surface area contributed by atoms with Gasteiger partial charge < -0.3 is 14.2 Å². The summed E-state index contributed by atoms with van der Waals surface area (Å²) in [4.78, 5) is 2.48. The summed E-state index contributed by atoms with van der Waals surface area (Å²) in [5.74, 6) is 3.01. The highest BCUT2D eigenvalue weighted by Gasteiger charge is 2.33. The van der Waals surface area contributed by atoms with Crippen LogP contribution in [0.2, 0.25) is 0 Å². The third-order valence-electron chi connectivity index (χ3n) is 7.94. The predicted octanol–water partition coefficient (Wildman–Crippen LogP) is 7.14. The van der Waals surface area contributed by atoms with E-state index in [4.69, 9.17) is 14.2 Å². The van der Waals surface area contributed by atoms with E-state index in [1.54, 1.807) is 7.11 Å². The summed E-state index contributed by atoms with van der Waals surface area (Å²) in [5.41, 5.74) is 6.19. The van der Waals surface area contributed by atoms with Gasteiger partial charge in [0.2, 0.25) is 0 Å². The molecule has 2 aliphatic rings. The molecule has 1 saturated heterocycles. The molecule has 4 nitrogen and oxygen atoms in total. The van der Waals surface area contributed by atoms with Crippen LogP contribution in [0, 0.1) is 0 Å². The van der Waals surface area contributed by atoms with Gasteiger partial charge in [0.05, 0.1) is 13.7 Å². The van der Waals surface area contributed by atoms with Crippen LogP contribution in [0.1, 0.15) is 41.4 Å². The van der Waals surface area contributed by atoms with Crippen molar-refractivity contribution in [2.75, 3.05) is 40.0 Å². The van der Waals surface area contributed by atoms with Crippen molar-refractivity contribution >= 4 is 0 Å². The van der Waals surface area contributed by atoms with Crippen molar-refractivity contribution in [3.63, 3.8) is 0 Å². The van der Waals surface area contributed by atoms with Gasteiger partial charge >= 0.3 is 0 Å². The lowest BCUT2D eigenvalue weighted by atomic mass is 9.75. The molecular weight excluding hydrogens is 470 g/mol. The molecule has 4 heteroatoms. The molecule has 0 radical (unpaired) electrons. The summed E-state index contributed by atoms with van der Waals surface area (Å²) < 4.78 is 17.9. The number of rotatable bonds is 8. The van der Waals surface area contributed by atoms with E-state index in [0.717, 1.165) is 30.4 Å². The molecule has 6 rings (SSSR count). The molecule has 2 atom stereocenters. The molecule has 0 saturated carbocycles. The van der Waals surface area contributed by atoms with Gasteiger partial charge in [-0.2, -0.15) is 0 Å². The molecule has 0 amide bonds. The van der Waals surface area contributed by atoms with Crippen molar-refractivity contribution in [3.8, 4) is 28.4 Å². The summed E-state index contributed by atoms with van der Waals surface area (Å²) in [6, 6.07) is 34.4. The van der Waals surface area contributed by atoms with E-state index in [0.29, 0.717) is 6.61 Å². The third kappa shape index (κ3) is 5.27. The molecule has 4 aromatic carbocycles. The van der Waals surface area contributed by atoms with Crippen molar-refractivity contribution < 1.29 is 14.2 Å². The van der Waals surface area contributed by atoms with Crippen LogP contribution in [0.25, 0.3) is 11.1 Å². The molecule has 0 aliphatic carbocycles. The first kappa shape index (κ1) is 24.6. The topological polar surface area (TPSA) is 30.9 Å². The monoisotopic (exact) mass is 505 g/mol. The maximum atomic E-state index is 6.32. The lowest BCUT2D eigenvalue weighted by Crippen LogP contribution is -2.25. The molecular formula is C34H35NO3. The van der Waals surface area contributed by atoms with Crippen molar-refractivity contribution in [2.45, 2.75) is 24.7 Å². The second-order valence-corrected chi connectivity index (χ2v) is 10.3. The van der Waals surface area contributed by atoms with Crippen LogP contribution >= 0.6 is 0 Å². The van der Waals surface area contributed by atoms with Gasteiger partial charge in [0, 0.05) is 30.0 Å². The van der Waals surface area contributed by atoms with Crippen LogP contribution in [0.4, 0.5) is 0 Å². The molecule has 0 N–H and O–H groups in total. The van der Waals surface area contributed by atoms with Crippen LogP contribution in [-0.2, 0) is 0 Å². The molecule has 0 bridgehead atoms. The largest absolute Gasteiger partial charge is 0.497 e. The third-order valence-corrected chi connectivity index (χ3v) is 7.94. The second kappa shape index (κ2) is 11.3. The highest BCUT2D eigenvalue weighted by molar-refractivity contribution is 5.64. The van der Waals surface area contributed by atoms with Gasteiger partial charge in [0.25, 0.3) is 0 Å². The van der Waals surface area contributed by atoms with Crippen molar-refractivity contribution in [3.05, 3.63) is 114 Å². The smallest absolute Gasteiger partial charge is 0.126 e. The maximum absolute atomic E-state index is 6.32. The molecule has 2 aliphatic heterocycles. The summed E-state index contributed by atoms with van der Waals surface area (Å²) in [5, 5.41) is 0. The normalized spacial score (nSPS) is 19.0. The molecule has 0 spiro atoms. The SMILES string of the molecule is COc1ccc2c(c1)OC[C@H](c1ccc(-c3ccccc3)cc1)[C@@H]2c1ccc(OCCN2CCCC2)cc1. The molecule has 4 aromatic rings. The molecule has 194 valence electrons. The Morgan fingerprint density at radius 2 is 1.45 bits per heavy atom. The van der Waals surface area contributed by atoms with Gasteiger partial charge in [-0.25, -0.2) is 0 Å². The fraction of sp³-hybridized carbons (Fsp3) is 0.294. The molecule has 0 unspecified atom stereocenters. The van der Waals surface area contributed by atoms with Gasteiger partial charge in [-0.3, -0.25) is 4.90 Å². The average molecular weight is 506 g/mol. The van der Waals surface area contributed by atoms with Gasteiger partial charge in [-0.05, 0) is 66.4 Å². The van der Waals surface area contributed by atoms with Crippen molar-refractivity contribution in [1.82, 2.24) is 4.90 Å². The van der Waals surface area contributed by atoms with Gasteiger partial charge in [-0.15, -0.1) is 0 Å². The number of hydrogen-bond donors (Lipinski definition) is 0. The fourth-order valence-electron chi connectivity index (χ4n) is 5.84. The Kier molecular flexibility index (Phi) is 7.32. The number of methoxy groups -OCH3 is 1. The van der Waals surface area contributed by atoms with E-state index in [9.17, 15) is 0 Å². The first-order valence-corrected chi connectivity index (χ1v) is 13.7. The maximum Gasteiger partial charge on any atom is 0.126 e. The van der Waals surface area contributed by atoms with Crippen LogP contribution in [0.3, 0.4) is 0 Å². The number of hydrogen-bond acceptors (Lipinski definition) is 4. The Bertz CT molecular complexity index is 1330. The standard InChI is InChI=1S/C34H35NO3/c1-36-30-17-18-31-33(23-30)38-24-32(27-11-9-26(10-12-27)25-7-3-2-4-8-25)34(31)28-13-15-29(16-14-28)37-22-21-35-19-5-6-20-35/h2-4,7-18,23,32,34H,5-6,19-22,24H2,1H3/t32-,34-/m1/s1. The van der Waals surface area contributed by atoms with Crippen molar-refractivity contribution in [2.24, 2.45) is 0 Å².